The Labute approximate surface area is 118 Å². The number of hydrogen-bond donors (Lipinski definition) is 2. The molecule has 0 atom stereocenters. The molecule has 0 unspecified atom stereocenters. The third-order valence-corrected chi connectivity index (χ3v) is 3.43. The minimum atomic E-state index is 0.00523. The highest BCUT2D eigenvalue weighted by molar-refractivity contribution is 6.07. The second-order valence-corrected chi connectivity index (χ2v) is 5.25. The summed E-state index contributed by atoms with van der Waals surface area (Å²) in [5.41, 5.74) is 1.57. The van der Waals surface area contributed by atoms with Crippen molar-refractivity contribution < 1.29 is 4.79 Å². The van der Waals surface area contributed by atoms with E-state index < -0.39 is 0 Å². The van der Waals surface area contributed by atoms with Gasteiger partial charge >= 0.3 is 0 Å². The van der Waals surface area contributed by atoms with Gasteiger partial charge in [0.25, 0.3) is 5.91 Å². The smallest absolute Gasteiger partial charge is 0.252 e. The molecule has 0 spiro atoms. The lowest BCUT2D eigenvalue weighted by Gasteiger charge is -2.11. The number of carbonyl (C=O) groups is 1. The van der Waals surface area contributed by atoms with Gasteiger partial charge in [0.1, 0.15) is 5.82 Å². The van der Waals surface area contributed by atoms with Crippen LogP contribution in [0.5, 0.6) is 0 Å². The Bertz CT molecular complexity index is 635. The Morgan fingerprint density at radius 3 is 2.90 bits per heavy atom. The van der Waals surface area contributed by atoms with Gasteiger partial charge in [-0.25, -0.2) is 4.98 Å². The molecule has 1 heterocycles. The maximum absolute atomic E-state index is 12.4. The second-order valence-electron chi connectivity index (χ2n) is 5.25. The summed E-state index contributed by atoms with van der Waals surface area (Å²) in [4.78, 5) is 16.9. The van der Waals surface area contributed by atoms with E-state index in [4.69, 9.17) is 0 Å². The molecule has 0 bridgehead atoms. The molecule has 3 rings (SSSR count). The fourth-order valence-electron chi connectivity index (χ4n) is 2.20. The van der Waals surface area contributed by atoms with Crippen LogP contribution in [0, 0.1) is 0 Å². The van der Waals surface area contributed by atoms with Gasteiger partial charge in [0.15, 0.2) is 0 Å². The van der Waals surface area contributed by atoms with E-state index in [0.717, 1.165) is 42.5 Å². The molecule has 4 heteroatoms. The summed E-state index contributed by atoms with van der Waals surface area (Å²) in [6, 6.07) is 10.0. The van der Waals surface area contributed by atoms with Crippen LogP contribution in [0.3, 0.4) is 0 Å². The lowest BCUT2D eigenvalue weighted by Crippen LogP contribution is -2.25. The van der Waals surface area contributed by atoms with Gasteiger partial charge < -0.3 is 10.6 Å². The van der Waals surface area contributed by atoms with E-state index in [1.54, 1.807) is 0 Å². The van der Waals surface area contributed by atoms with Crippen molar-refractivity contribution in [3.8, 4) is 0 Å². The minimum Gasteiger partial charge on any atom is -0.370 e. The first kappa shape index (κ1) is 12.9. The van der Waals surface area contributed by atoms with Crippen molar-refractivity contribution in [2.45, 2.75) is 32.2 Å². The number of nitrogens with zero attached hydrogens (tertiary/aromatic N) is 1. The molecular weight excluding hydrogens is 250 g/mol. The lowest BCUT2D eigenvalue weighted by atomic mass is 10.1. The van der Waals surface area contributed by atoms with Gasteiger partial charge in [-0.3, -0.25) is 4.79 Å². The normalized spacial score (nSPS) is 14.2. The largest absolute Gasteiger partial charge is 0.370 e. The van der Waals surface area contributed by atoms with Crippen molar-refractivity contribution in [1.82, 2.24) is 10.3 Å². The van der Waals surface area contributed by atoms with Gasteiger partial charge in [-0.05, 0) is 31.4 Å². The standard InChI is InChI=1S/C16H19N3O/c1-2-9-17-15-10-13(16(20)18-11-7-8-11)12-5-3-4-6-14(12)19-15/h3-6,10-11H,2,7-9H2,1H3,(H,17,19)(H,18,20). The highest BCUT2D eigenvalue weighted by Crippen LogP contribution is 2.23. The molecule has 2 N–H and O–H groups in total. The minimum absolute atomic E-state index is 0.00523. The average Bonchev–Trinajstić information content (AvgIpc) is 3.28. The van der Waals surface area contributed by atoms with Gasteiger partial charge in [-0.1, -0.05) is 25.1 Å². The number of para-hydroxylation sites is 1. The number of nitrogens with one attached hydrogen (secondary N) is 2. The molecule has 1 aliphatic rings. The number of pyridine rings is 1. The van der Waals surface area contributed by atoms with E-state index in [0.29, 0.717) is 11.6 Å². The van der Waals surface area contributed by atoms with E-state index in [9.17, 15) is 4.79 Å². The van der Waals surface area contributed by atoms with E-state index in [1.165, 1.54) is 0 Å². The summed E-state index contributed by atoms with van der Waals surface area (Å²) >= 11 is 0. The van der Waals surface area contributed by atoms with Crippen LogP contribution >= 0.6 is 0 Å². The molecule has 1 amide bonds. The van der Waals surface area contributed by atoms with Crippen LogP contribution in [-0.2, 0) is 0 Å². The molecule has 0 radical (unpaired) electrons. The van der Waals surface area contributed by atoms with Crippen LogP contribution in [0.2, 0.25) is 0 Å². The summed E-state index contributed by atoms with van der Waals surface area (Å²) in [5.74, 6) is 0.775. The SMILES string of the molecule is CCCNc1cc(C(=O)NC2CC2)c2ccccc2n1. The first-order valence-electron chi connectivity index (χ1n) is 7.22. The third-order valence-electron chi connectivity index (χ3n) is 3.43. The molecule has 4 nitrogen and oxygen atoms in total. The van der Waals surface area contributed by atoms with Crippen LogP contribution in [0.25, 0.3) is 10.9 Å². The molecular formula is C16H19N3O. The van der Waals surface area contributed by atoms with E-state index >= 15 is 0 Å². The number of aromatic nitrogens is 1. The number of carbonyl (C=O) groups excluding carboxylic acids is 1. The highest BCUT2D eigenvalue weighted by Gasteiger charge is 2.24. The quantitative estimate of drug-likeness (QED) is 0.877. The van der Waals surface area contributed by atoms with Crippen LogP contribution in [-0.4, -0.2) is 23.5 Å². The zero-order valence-electron chi connectivity index (χ0n) is 11.6. The molecule has 0 aliphatic heterocycles. The van der Waals surface area contributed by atoms with Crippen molar-refractivity contribution in [2.24, 2.45) is 0 Å². The molecule has 1 aliphatic carbocycles. The maximum atomic E-state index is 12.4. The first-order chi connectivity index (χ1) is 9.78. The molecule has 1 saturated carbocycles. The maximum Gasteiger partial charge on any atom is 0.252 e. The highest BCUT2D eigenvalue weighted by atomic mass is 16.1. The molecule has 1 fully saturated rings. The number of anilines is 1. The van der Waals surface area contributed by atoms with E-state index in [-0.39, 0.29) is 5.91 Å². The summed E-state index contributed by atoms with van der Waals surface area (Å²) < 4.78 is 0. The summed E-state index contributed by atoms with van der Waals surface area (Å²) in [6.45, 7) is 2.96. The van der Waals surface area contributed by atoms with Crippen molar-refractivity contribution in [3.05, 3.63) is 35.9 Å². The fourth-order valence-corrected chi connectivity index (χ4v) is 2.20. The van der Waals surface area contributed by atoms with E-state index in [1.807, 2.05) is 30.3 Å². The van der Waals surface area contributed by atoms with Crippen molar-refractivity contribution in [1.29, 1.82) is 0 Å². The summed E-state index contributed by atoms with van der Waals surface area (Å²) in [6.07, 6.45) is 3.21. The molecule has 104 valence electrons. The number of hydrogen-bond acceptors (Lipinski definition) is 3. The summed E-state index contributed by atoms with van der Waals surface area (Å²) in [5, 5.41) is 7.22. The Kier molecular flexibility index (Phi) is 3.54. The molecule has 1 aromatic heterocycles. The third kappa shape index (κ3) is 2.74. The van der Waals surface area contributed by atoms with Crippen molar-refractivity contribution >= 4 is 22.6 Å². The monoisotopic (exact) mass is 269 g/mol. The topological polar surface area (TPSA) is 54.0 Å². The number of rotatable bonds is 5. The molecule has 20 heavy (non-hydrogen) atoms. The Morgan fingerprint density at radius 2 is 2.15 bits per heavy atom. The molecule has 1 aromatic carbocycles. The number of benzene rings is 1. The van der Waals surface area contributed by atoms with Crippen LogP contribution < -0.4 is 10.6 Å². The predicted octanol–water partition coefficient (Wildman–Crippen LogP) is 2.95. The van der Waals surface area contributed by atoms with E-state index in [2.05, 4.69) is 22.5 Å². The Balaban J connectivity index is 1.99. The van der Waals surface area contributed by atoms with Gasteiger partial charge in [0.2, 0.25) is 0 Å². The predicted molar refractivity (Wildman–Crippen MR) is 81.0 cm³/mol. The first-order valence-corrected chi connectivity index (χ1v) is 7.22. The van der Waals surface area contributed by atoms with Gasteiger partial charge in [-0.2, -0.15) is 0 Å². The van der Waals surface area contributed by atoms with Gasteiger partial charge in [-0.15, -0.1) is 0 Å². The zero-order valence-corrected chi connectivity index (χ0v) is 11.6. The van der Waals surface area contributed by atoms with Crippen molar-refractivity contribution in [3.63, 3.8) is 0 Å². The number of amides is 1. The number of fused-ring (bicyclic) bond motifs is 1. The lowest BCUT2D eigenvalue weighted by molar-refractivity contribution is 0.0952. The van der Waals surface area contributed by atoms with Crippen LogP contribution in [0.1, 0.15) is 36.5 Å². The average molecular weight is 269 g/mol. The molecule has 0 saturated heterocycles. The van der Waals surface area contributed by atoms with Crippen LogP contribution in [0.15, 0.2) is 30.3 Å². The van der Waals surface area contributed by atoms with Gasteiger partial charge in [0.05, 0.1) is 11.1 Å². The van der Waals surface area contributed by atoms with Crippen LogP contribution in [0.4, 0.5) is 5.82 Å². The Morgan fingerprint density at radius 1 is 1.35 bits per heavy atom. The summed E-state index contributed by atoms with van der Waals surface area (Å²) in [7, 11) is 0. The fraction of sp³-hybridized carbons (Fsp3) is 0.375. The zero-order chi connectivity index (χ0) is 13.9. The Hall–Kier alpha value is -2.10. The molecule has 2 aromatic rings. The second kappa shape index (κ2) is 5.49. The van der Waals surface area contributed by atoms with Crippen molar-refractivity contribution in [2.75, 3.05) is 11.9 Å². The van der Waals surface area contributed by atoms with Gasteiger partial charge in [0, 0.05) is 18.0 Å².